The molecule has 27 heavy (non-hydrogen) atoms. The van der Waals surface area contributed by atoms with E-state index in [1.165, 1.54) is 29.1 Å². The number of aryl methyl sites for hydroxylation is 1. The molecule has 0 aliphatic carbocycles. The van der Waals surface area contributed by atoms with Crippen LogP contribution in [0, 0.1) is 0 Å². The number of nitrogens with zero attached hydrogens (tertiary/aromatic N) is 4. The Labute approximate surface area is 166 Å². The number of rotatable bonds is 6. The van der Waals surface area contributed by atoms with Crippen LogP contribution in [0.3, 0.4) is 0 Å². The molecule has 0 radical (unpaired) electrons. The lowest BCUT2D eigenvalue weighted by Gasteiger charge is -2.33. The van der Waals surface area contributed by atoms with Crippen LogP contribution < -0.4 is 0 Å². The van der Waals surface area contributed by atoms with Crippen molar-refractivity contribution in [3.05, 3.63) is 54.0 Å². The number of benzene rings is 1. The monoisotopic (exact) mass is 380 g/mol. The molecule has 1 aromatic carbocycles. The third-order valence-electron chi connectivity index (χ3n) is 5.48. The van der Waals surface area contributed by atoms with Gasteiger partial charge in [-0.3, -0.25) is 4.90 Å². The maximum Gasteiger partial charge on any atom is 0.160 e. The molecular weight excluding hydrogens is 352 g/mol. The van der Waals surface area contributed by atoms with E-state index in [0.717, 1.165) is 43.6 Å². The largest absolute Gasteiger partial charge is 0.309 e. The van der Waals surface area contributed by atoms with Gasteiger partial charge in [0.1, 0.15) is 11.3 Å². The van der Waals surface area contributed by atoms with E-state index in [0.29, 0.717) is 6.04 Å². The van der Waals surface area contributed by atoms with Gasteiger partial charge in [0.15, 0.2) is 5.65 Å². The molecule has 0 unspecified atom stereocenters. The number of hydrogen-bond donors (Lipinski definition) is 0. The fraction of sp³-hybridized carbons (Fsp3) is 0.455. The second kappa shape index (κ2) is 8.44. The molecule has 0 amide bonds. The van der Waals surface area contributed by atoms with Gasteiger partial charge in [0.25, 0.3) is 0 Å². The summed E-state index contributed by atoms with van der Waals surface area (Å²) in [6.07, 6.45) is 8.50. The van der Waals surface area contributed by atoms with E-state index in [-0.39, 0.29) is 0 Å². The normalized spacial score (nSPS) is 16.2. The first kappa shape index (κ1) is 18.5. The molecule has 3 heterocycles. The van der Waals surface area contributed by atoms with Gasteiger partial charge >= 0.3 is 0 Å². The Morgan fingerprint density at radius 3 is 2.59 bits per heavy atom. The smallest absolute Gasteiger partial charge is 0.160 e. The summed E-state index contributed by atoms with van der Waals surface area (Å²) in [5.74, 6) is 1.21. The van der Waals surface area contributed by atoms with Crippen molar-refractivity contribution < 1.29 is 0 Å². The van der Waals surface area contributed by atoms with Crippen LogP contribution in [-0.4, -0.2) is 38.8 Å². The first-order valence-electron chi connectivity index (χ1n) is 9.95. The standard InChI is InChI=1S/C22H28N4S/c1-3-5-21-24-20-6-4-13-23-22(20)26(21)18-11-14-25(15-12-18)16-17-7-9-19(27-2)10-8-17/h4,6-10,13,18H,3,5,11-12,14-16H2,1-2H3. The van der Waals surface area contributed by atoms with Crippen LogP contribution in [0.25, 0.3) is 11.2 Å². The van der Waals surface area contributed by atoms with E-state index in [1.807, 2.05) is 12.3 Å². The lowest BCUT2D eigenvalue weighted by Crippen LogP contribution is -2.34. The number of thioether (sulfide) groups is 1. The molecule has 4 rings (SSSR count). The highest BCUT2D eigenvalue weighted by Crippen LogP contribution is 2.29. The molecule has 3 aromatic rings. The van der Waals surface area contributed by atoms with Crippen LogP contribution in [-0.2, 0) is 13.0 Å². The van der Waals surface area contributed by atoms with Gasteiger partial charge in [-0.1, -0.05) is 19.1 Å². The van der Waals surface area contributed by atoms with Crippen molar-refractivity contribution >= 4 is 22.9 Å². The predicted molar refractivity (Wildman–Crippen MR) is 113 cm³/mol. The summed E-state index contributed by atoms with van der Waals surface area (Å²) < 4.78 is 2.43. The van der Waals surface area contributed by atoms with Crippen molar-refractivity contribution in [1.29, 1.82) is 0 Å². The second-order valence-corrected chi connectivity index (χ2v) is 8.23. The minimum atomic E-state index is 0.515. The first-order chi connectivity index (χ1) is 13.3. The molecule has 1 fully saturated rings. The summed E-state index contributed by atoms with van der Waals surface area (Å²) in [5.41, 5.74) is 3.51. The predicted octanol–water partition coefficient (Wildman–Crippen LogP) is 4.94. The van der Waals surface area contributed by atoms with Crippen molar-refractivity contribution in [3.63, 3.8) is 0 Å². The zero-order chi connectivity index (χ0) is 18.6. The van der Waals surface area contributed by atoms with E-state index in [2.05, 4.69) is 58.0 Å². The molecule has 4 nitrogen and oxygen atoms in total. The maximum atomic E-state index is 4.87. The Hall–Kier alpha value is -1.85. The van der Waals surface area contributed by atoms with Gasteiger partial charge in [0.05, 0.1) is 0 Å². The fourth-order valence-electron chi connectivity index (χ4n) is 4.08. The second-order valence-electron chi connectivity index (χ2n) is 7.35. The lowest BCUT2D eigenvalue weighted by atomic mass is 10.0. The average molecular weight is 381 g/mol. The van der Waals surface area contributed by atoms with Gasteiger partial charge in [0, 0.05) is 43.2 Å². The van der Waals surface area contributed by atoms with Crippen molar-refractivity contribution in [2.45, 2.75) is 50.1 Å². The summed E-state index contributed by atoms with van der Waals surface area (Å²) in [4.78, 5) is 13.4. The van der Waals surface area contributed by atoms with E-state index < -0.39 is 0 Å². The Morgan fingerprint density at radius 1 is 1.11 bits per heavy atom. The molecule has 142 valence electrons. The molecule has 2 aromatic heterocycles. The van der Waals surface area contributed by atoms with Crippen molar-refractivity contribution in [1.82, 2.24) is 19.4 Å². The number of aromatic nitrogens is 3. The van der Waals surface area contributed by atoms with E-state index in [4.69, 9.17) is 4.98 Å². The molecular formula is C22H28N4S. The average Bonchev–Trinajstić information content (AvgIpc) is 3.07. The summed E-state index contributed by atoms with van der Waals surface area (Å²) >= 11 is 1.80. The molecule has 0 N–H and O–H groups in total. The van der Waals surface area contributed by atoms with Crippen LogP contribution in [0.2, 0.25) is 0 Å². The molecule has 5 heteroatoms. The Balaban J connectivity index is 1.46. The molecule has 0 bridgehead atoms. The number of fused-ring (bicyclic) bond motifs is 1. The van der Waals surface area contributed by atoms with Crippen LogP contribution in [0.5, 0.6) is 0 Å². The van der Waals surface area contributed by atoms with Gasteiger partial charge in [-0.05, 0) is 55.3 Å². The molecule has 0 atom stereocenters. The van der Waals surface area contributed by atoms with Gasteiger partial charge < -0.3 is 4.57 Å². The zero-order valence-electron chi connectivity index (χ0n) is 16.3. The molecule has 0 spiro atoms. The van der Waals surface area contributed by atoms with Crippen LogP contribution >= 0.6 is 11.8 Å². The maximum absolute atomic E-state index is 4.87. The molecule has 1 aliphatic heterocycles. The van der Waals surface area contributed by atoms with E-state index >= 15 is 0 Å². The molecule has 1 aliphatic rings. The van der Waals surface area contributed by atoms with Crippen molar-refractivity contribution in [2.24, 2.45) is 0 Å². The van der Waals surface area contributed by atoms with Crippen LogP contribution in [0.4, 0.5) is 0 Å². The zero-order valence-corrected chi connectivity index (χ0v) is 17.1. The Bertz CT molecular complexity index is 879. The van der Waals surface area contributed by atoms with Crippen molar-refractivity contribution in [2.75, 3.05) is 19.3 Å². The van der Waals surface area contributed by atoms with Crippen LogP contribution in [0.15, 0.2) is 47.5 Å². The van der Waals surface area contributed by atoms with Gasteiger partial charge in [-0.2, -0.15) is 0 Å². The summed E-state index contributed by atoms with van der Waals surface area (Å²) in [7, 11) is 0. The van der Waals surface area contributed by atoms with Crippen molar-refractivity contribution in [3.8, 4) is 0 Å². The lowest BCUT2D eigenvalue weighted by molar-refractivity contribution is 0.179. The van der Waals surface area contributed by atoms with Gasteiger partial charge in [-0.15, -0.1) is 11.8 Å². The summed E-state index contributed by atoms with van der Waals surface area (Å²) in [6, 6.07) is 13.6. The van der Waals surface area contributed by atoms with Gasteiger partial charge in [-0.25, -0.2) is 9.97 Å². The first-order valence-corrected chi connectivity index (χ1v) is 11.2. The Kier molecular flexibility index (Phi) is 5.79. The minimum absolute atomic E-state index is 0.515. The number of piperidine rings is 1. The number of imidazole rings is 1. The highest BCUT2D eigenvalue weighted by molar-refractivity contribution is 7.98. The summed E-state index contributed by atoms with van der Waals surface area (Å²) in [6.45, 7) is 5.54. The molecule has 0 saturated carbocycles. The third kappa shape index (κ3) is 4.04. The molecule has 1 saturated heterocycles. The third-order valence-corrected chi connectivity index (χ3v) is 6.23. The Morgan fingerprint density at radius 2 is 1.89 bits per heavy atom. The number of pyridine rings is 1. The van der Waals surface area contributed by atoms with E-state index in [1.54, 1.807) is 11.8 Å². The highest BCUT2D eigenvalue weighted by Gasteiger charge is 2.24. The SMILES string of the molecule is CCCc1nc2cccnc2n1C1CCN(Cc2ccc(SC)cc2)CC1. The van der Waals surface area contributed by atoms with Crippen LogP contribution in [0.1, 0.15) is 43.6 Å². The number of hydrogen-bond acceptors (Lipinski definition) is 4. The highest BCUT2D eigenvalue weighted by atomic mass is 32.2. The minimum Gasteiger partial charge on any atom is -0.309 e. The summed E-state index contributed by atoms with van der Waals surface area (Å²) in [5, 5.41) is 0. The van der Waals surface area contributed by atoms with Gasteiger partial charge in [0.2, 0.25) is 0 Å². The topological polar surface area (TPSA) is 34.0 Å². The number of likely N-dealkylation sites (tertiary alicyclic amines) is 1. The quantitative estimate of drug-likeness (QED) is 0.567. The fourth-order valence-corrected chi connectivity index (χ4v) is 4.49. The van der Waals surface area contributed by atoms with E-state index in [9.17, 15) is 0 Å².